The molecule has 2 aromatic rings. The van der Waals surface area contributed by atoms with E-state index in [0.717, 1.165) is 5.56 Å². The summed E-state index contributed by atoms with van der Waals surface area (Å²) in [6.07, 6.45) is -1.89. The van der Waals surface area contributed by atoms with Gasteiger partial charge in [0.1, 0.15) is 5.75 Å². The first kappa shape index (κ1) is 20.3. The van der Waals surface area contributed by atoms with Crippen LogP contribution in [0.15, 0.2) is 48.5 Å². The molecule has 7 heteroatoms. The van der Waals surface area contributed by atoms with Crippen molar-refractivity contribution in [1.82, 2.24) is 5.32 Å². The molecular weight excluding hydrogens is 368 g/mol. The predicted octanol–water partition coefficient (Wildman–Crippen LogP) is 3.23. The van der Waals surface area contributed by atoms with E-state index in [9.17, 15) is 9.59 Å². The monoisotopic (exact) mass is 386 g/mol. The fourth-order valence-electron chi connectivity index (χ4n) is 2.15. The largest absolute Gasteiger partial charge is 0.479 e. The minimum Gasteiger partial charge on any atom is -0.479 e. The zero-order valence-corrected chi connectivity index (χ0v) is 15.7. The van der Waals surface area contributed by atoms with E-state index in [1.165, 1.54) is 13.8 Å². The van der Waals surface area contributed by atoms with Crippen molar-refractivity contribution in [3.63, 3.8) is 0 Å². The first-order valence-electron chi connectivity index (χ1n) is 8.29. The highest BCUT2D eigenvalue weighted by Gasteiger charge is 2.23. The number of benzene rings is 2. The molecule has 0 aliphatic rings. The van der Waals surface area contributed by atoms with E-state index in [1.807, 2.05) is 12.1 Å². The lowest BCUT2D eigenvalue weighted by Crippen LogP contribution is -2.38. The lowest BCUT2D eigenvalue weighted by atomic mass is 10.2. The van der Waals surface area contributed by atoms with Crippen LogP contribution in [0.5, 0.6) is 5.75 Å². The quantitative estimate of drug-likeness (QED) is 0.738. The molecule has 140 valence electrons. The minimum absolute atomic E-state index is 0.234. The molecule has 0 bridgehead atoms. The normalized spacial score (nSPS) is 12.4. The van der Waals surface area contributed by atoms with Crippen LogP contribution in [0.2, 0.25) is 5.02 Å². The van der Waals surface area contributed by atoms with Crippen LogP contribution in [0.3, 0.4) is 0 Å². The Morgan fingerprint density at radius 3 is 2.41 bits per heavy atom. The minimum atomic E-state index is -0.980. The molecule has 0 aromatic heterocycles. The lowest BCUT2D eigenvalue weighted by Gasteiger charge is -2.18. The maximum absolute atomic E-state index is 12.1. The maximum atomic E-state index is 12.1. The number of hydrogen-bond donors (Lipinski definition) is 1. The summed E-state index contributed by atoms with van der Waals surface area (Å²) >= 11 is 6.04. The third kappa shape index (κ3) is 6.01. The van der Waals surface area contributed by atoms with Crippen LogP contribution >= 0.6 is 11.6 Å². The second-order valence-corrected chi connectivity index (χ2v) is 6.19. The average molecular weight is 387 g/mol. The number of halogens is 1. The number of carbonyl (C=O) groups excluding carboxylic acids is 2. The Morgan fingerprint density at radius 2 is 1.78 bits per heavy atom. The summed E-state index contributed by atoms with van der Waals surface area (Å²) in [7, 11) is 0. The molecule has 1 amide bonds. The summed E-state index contributed by atoms with van der Waals surface area (Å²) in [6.45, 7) is 3.24. The Bertz CT molecular complexity index is 846. The molecule has 0 radical (unpaired) electrons. The third-order valence-electron chi connectivity index (χ3n) is 3.70. The standard InChI is InChI=1S/C20H19ClN2O4/c1-13(19(24)23-12-16-5-3-4-6-18(16)21)27-20(25)14(2)26-17-9-7-15(11-22)8-10-17/h3-10,13-14H,12H2,1-2H3,(H,23,24)/t13-,14+/m0/s1. The van der Waals surface area contributed by atoms with Crippen LogP contribution in [-0.2, 0) is 20.9 Å². The van der Waals surface area contributed by atoms with E-state index in [4.69, 9.17) is 26.3 Å². The second kappa shape index (κ2) is 9.60. The number of nitriles is 1. The molecule has 0 aliphatic carbocycles. The Kier molecular flexibility index (Phi) is 7.21. The van der Waals surface area contributed by atoms with Crippen molar-refractivity contribution in [2.75, 3.05) is 0 Å². The van der Waals surface area contributed by atoms with E-state index in [-0.39, 0.29) is 6.54 Å². The van der Waals surface area contributed by atoms with E-state index in [2.05, 4.69) is 5.32 Å². The van der Waals surface area contributed by atoms with Crippen molar-refractivity contribution in [3.8, 4) is 11.8 Å². The molecule has 0 spiro atoms. The number of esters is 1. The van der Waals surface area contributed by atoms with E-state index >= 15 is 0 Å². The first-order chi connectivity index (χ1) is 12.9. The first-order valence-corrected chi connectivity index (χ1v) is 8.67. The van der Waals surface area contributed by atoms with Gasteiger partial charge in [-0.25, -0.2) is 4.79 Å². The summed E-state index contributed by atoms with van der Waals surface area (Å²) in [5.74, 6) is -0.678. The number of amides is 1. The Labute approximate surface area is 162 Å². The van der Waals surface area contributed by atoms with Crippen LogP contribution in [0.1, 0.15) is 25.0 Å². The molecule has 0 unspecified atom stereocenters. The molecule has 1 N–H and O–H groups in total. The fourth-order valence-corrected chi connectivity index (χ4v) is 2.35. The van der Waals surface area contributed by atoms with Gasteiger partial charge in [0.2, 0.25) is 0 Å². The van der Waals surface area contributed by atoms with E-state index < -0.39 is 24.1 Å². The van der Waals surface area contributed by atoms with E-state index in [1.54, 1.807) is 42.5 Å². The summed E-state index contributed by atoms with van der Waals surface area (Å²) in [5, 5.41) is 12.0. The van der Waals surface area contributed by atoms with Crippen molar-refractivity contribution >= 4 is 23.5 Å². The Balaban J connectivity index is 1.83. The highest BCUT2D eigenvalue weighted by molar-refractivity contribution is 6.31. The van der Waals surface area contributed by atoms with Gasteiger partial charge in [0.15, 0.2) is 12.2 Å². The molecular formula is C20H19ClN2O4. The summed E-state index contributed by atoms with van der Waals surface area (Å²) < 4.78 is 10.6. The van der Waals surface area contributed by atoms with Crippen molar-refractivity contribution in [2.45, 2.75) is 32.6 Å². The highest BCUT2D eigenvalue weighted by Crippen LogP contribution is 2.15. The van der Waals surface area contributed by atoms with Gasteiger partial charge < -0.3 is 14.8 Å². The van der Waals surface area contributed by atoms with Crippen LogP contribution in [-0.4, -0.2) is 24.1 Å². The molecule has 2 rings (SSSR count). The van der Waals surface area contributed by atoms with Crippen LogP contribution in [0, 0.1) is 11.3 Å². The molecule has 0 aliphatic heterocycles. The lowest BCUT2D eigenvalue weighted by molar-refractivity contribution is -0.160. The summed E-state index contributed by atoms with van der Waals surface area (Å²) in [6, 6.07) is 15.5. The Hall–Kier alpha value is -3.04. The van der Waals surface area contributed by atoms with Gasteiger partial charge in [-0.1, -0.05) is 29.8 Å². The number of nitrogens with one attached hydrogen (secondary N) is 1. The molecule has 0 saturated heterocycles. The molecule has 2 atom stereocenters. The highest BCUT2D eigenvalue weighted by atomic mass is 35.5. The van der Waals surface area contributed by atoms with Crippen LogP contribution in [0.25, 0.3) is 0 Å². The zero-order chi connectivity index (χ0) is 19.8. The number of carbonyl (C=O) groups is 2. The van der Waals surface area contributed by atoms with Gasteiger partial charge in [0, 0.05) is 11.6 Å². The number of rotatable bonds is 7. The molecule has 0 fully saturated rings. The van der Waals surface area contributed by atoms with Crippen molar-refractivity contribution < 1.29 is 19.1 Å². The molecule has 2 aromatic carbocycles. The molecule has 0 heterocycles. The molecule has 6 nitrogen and oxygen atoms in total. The summed E-state index contributed by atoms with van der Waals surface area (Å²) in [5.41, 5.74) is 1.25. The van der Waals surface area contributed by atoms with Gasteiger partial charge in [-0.3, -0.25) is 4.79 Å². The van der Waals surface area contributed by atoms with Gasteiger partial charge in [0.05, 0.1) is 11.6 Å². The number of hydrogen-bond acceptors (Lipinski definition) is 5. The van der Waals surface area contributed by atoms with Crippen LogP contribution < -0.4 is 10.1 Å². The van der Waals surface area contributed by atoms with Crippen molar-refractivity contribution in [1.29, 1.82) is 5.26 Å². The van der Waals surface area contributed by atoms with Gasteiger partial charge in [-0.05, 0) is 49.7 Å². The Morgan fingerprint density at radius 1 is 1.11 bits per heavy atom. The van der Waals surface area contributed by atoms with Gasteiger partial charge in [0.25, 0.3) is 5.91 Å². The van der Waals surface area contributed by atoms with E-state index in [0.29, 0.717) is 16.3 Å². The topological polar surface area (TPSA) is 88.4 Å². The zero-order valence-electron chi connectivity index (χ0n) is 14.9. The third-order valence-corrected chi connectivity index (χ3v) is 4.07. The van der Waals surface area contributed by atoms with Gasteiger partial charge in [-0.2, -0.15) is 5.26 Å². The smallest absolute Gasteiger partial charge is 0.347 e. The number of nitrogens with zero attached hydrogens (tertiary/aromatic N) is 1. The van der Waals surface area contributed by atoms with Gasteiger partial charge in [-0.15, -0.1) is 0 Å². The van der Waals surface area contributed by atoms with Crippen LogP contribution in [0.4, 0.5) is 0 Å². The second-order valence-electron chi connectivity index (χ2n) is 5.78. The van der Waals surface area contributed by atoms with Crippen molar-refractivity contribution in [3.05, 3.63) is 64.7 Å². The SMILES string of the molecule is C[C@H](OC(=O)[C@@H](C)Oc1ccc(C#N)cc1)C(=O)NCc1ccccc1Cl. The molecule has 0 saturated carbocycles. The summed E-state index contributed by atoms with van der Waals surface area (Å²) in [4.78, 5) is 24.2. The van der Waals surface area contributed by atoms with Crippen molar-refractivity contribution in [2.24, 2.45) is 0 Å². The molecule has 27 heavy (non-hydrogen) atoms. The average Bonchev–Trinajstić information content (AvgIpc) is 2.67. The fraction of sp³-hybridized carbons (Fsp3) is 0.250. The predicted molar refractivity (Wildman–Crippen MR) is 100 cm³/mol. The number of ether oxygens (including phenoxy) is 2. The van der Waals surface area contributed by atoms with Gasteiger partial charge >= 0.3 is 5.97 Å². The maximum Gasteiger partial charge on any atom is 0.347 e.